The van der Waals surface area contributed by atoms with Gasteiger partial charge in [-0.3, -0.25) is 19.4 Å². The lowest BCUT2D eigenvalue weighted by molar-refractivity contribution is 0.601. The summed E-state index contributed by atoms with van der Waals surface area (Å²) in [5, 5.41) is 5.02. The Hall–Kier alpha value is -3.26. The van der Waals surface area contributed by atoms with Crippen LogP contribution in [0.15, 0.2) is 72.0 Å². The van der Waals surface area contributed by atoms with Gasteiger partial charge in [0, 0.05) is 24.8 Å². The summed E-state index contributed by atoms with van der Waals surface area (Å²) in [7, 11) is -2.01. The summed E-state index contributed by atoms with van der Waals surface area (Å²) >= 11 is 0. The Morgan fingerprint density at radius 1 is 0.923 bits per heavy atom. The van der Waals surface area contributed by atoms with Crippen molar-refractivity contribution in [2.75, 3.05) is 4.72 Å². The van der Waals surface area contributed by atoms with E-state index in [1.807, 2.05) is 24.3 Å². The fraction of sp³-hybridized carbons (Fsp3) is 0.0556. The number of rotatable bonds is 4. The van der Waals surface area contributed by atoms with E-state index in [9.17, 15) is 8.42 Å². The van der Waals surface area contributed by atoms with Crippen molar-refractivity contribution in [3.63, 3.8) is 0 Å². The second kappa shape index (κ2) is 6.23. The summed E-state index contributed by atoms with van der Waals surface area (Å²) in [5.41, 5.74) is 2.48. The van der Waals surface area contributed by atoms with Gasteiger partial charge >= 0.3 is 0 Å². The minimum absolute atomic E-state index is 0.0800. The van der Waals surface area contributed by atoms with E-state index >= 15 is 0 Å². The molecule has 0 spiro atoms. The summed E-state index contributed by atoms with van der Waals surface area (Å²) in [6.45, 7) is 0. The molecule has 1 N–H and O–H groups in total. The molecule has 1 aromatic carbocycles. The molecule has 3 heterocycles. The van der Waals surface area contributed by atoms with Gasteiger partial charge in [-0.2, -0.15) is 5.10 Å². The third kappa shape index (κ3) is 2.91. The summed E-state index contributed by atoms with van der Waals surface area (Å²) in [6.07, 6.45) is 4.68. The van der Waals surface area contributed by atoms with Gasteiger partial charge in [0.05, 0.1) is 28.8 Å². The van der Waals surface area contributed by atoms with Crippen molar-refractivity contribution < 1.29 is 8.42 Å². The number of hydrogen-bond donors (Lipinski definition) is 1. The standard InChI is InChI=1S/C18H15N5O2S/c1-23-18-13(11-21-23)5-4-7-17(18)22-26(24,25)14-8-9-16(20-12-14)15-6-2-3-10-19-15/h2-12,22H,1H3. The van der Waals surface area contributed by atoms with E-state index in [2.05, 4.69) is 19.8 Å². The van der Waals surface area contributed by atoms with E-state index in [1.165, 1.54) is 12.3 Å². The SMILES string of the molecule is Cn1ncc2cccc(NS(=O)(=O)c3ccc(-c4ccccn4)nc3)c21. The van der Waals surface area contributed by atoms with Gasteiger partial charge in [-0.1, -0.05) is 18.2 Å². The van der Waals surface area contributed by atoms with Crippen molar-refractivity contribution in [3.05, 3.63) is 67.1 Å². The zero-order chi connectivity index (χ0) is 18.1. The summed E-state index contributed by atoms with van der Waals surface area (Å²) < 4.78 is 29.7. The molecule has 0 fully saturated rings. The Labute approximate surface area is 150 Å². The second-order valence-electron chi connectivity index (χ2n) is 5.71. The number of anilines is 1. The largest absolute Gasteiger partial charge is 0.277 e. The van der Waals surface area contributed by atoms with Crippen LogP contribution in [0, 0.1) is 0 Å². The summed E-state index contributed by atoms with van der Waals surface area (Å²) in [4.78, 5) is 8.52. The molecule has 0 unspecified atom stereocenters. The summed E-state index contributed by atoms with van der Waals surface area (Å²) in [6, 6.07) is 14.0. The average Bonchev–Trinajstić information content (AvgIpc) is 3.04. The van der Waals surface area contributed by atoms with Gasteiger partial charge in [0.2, 0.25) is 0 Å². The number of aryl methyl sites for hydroxylation is 1. The number of para-hydroxylation sites is 1. The number of sulfonamides is 1. The van der Waals surface area contributed by atoms with E-state index in [-0.39, 0.29) is 4.90 Å². The molecule has 8 heteroatoms. The molecule has 0 amide bonds. The predicted molar refractivity (Wildman–Crippen MR) is 99.0 cm³/mol. The number of nitrogens with one attached hydrogen (secondary N) is 1. The topological polar surface area (TPSA) is 89.8 Å². The molecule has 0 bridgehead atoms. The maximum Gasteiger partial charge on any atom is 0.263 e. The normalized spacial score (nSPS) is 11.6. The molecular weight excluding hydrogens is 350 g/mol. The van der Waals surface area contributed by atoms with Crippen LogP contribution < -0.4 is 4.72 Å². The molecule has 4 aromatic rings. The average molecular weight is 365 g/mol. The Morgan fingerprint density at radius 3 is 2.50 bits per heavy atom. The lowest BCUT2D eigenvalue weighted by Crippen LogP contribution is -2.14. The van der Waals surface area contributed by atoms with Gasteiger partial charge in [-0.25, -0.2) is 8.42 Å². The van der Waals surface area contributed by atoms with Crippen LogP contribution >= 0.6 is 0 Å². The van der Waals surface area contributed by atoms with Crippen LogP contribution in [-0.2, 0) is 17.1 Å². The van der Waals surface area contributed by atoms with E-state index in [0.29, 0.717) is 22.6 Å². The molecule has 3 aromatic heterocycles. The second-order valence-corrected chi connectivity index (χ2v) is 7.39. The highest BCUT2D eigenvalue weighted by atomic mass is 32.2. The fourth-order valence-corrected chi connectivity index (χ4v) is 3.74. The molecular formula is C18H15N5O2S. The van der Waals surface area contributed by atoms with Crippen LogP contribution in [-0.4, -0.2) is 28.2 Å². The van der Waals surface area contributed by atoms with E-state index < -0.39 is 10.0 Å². The fourth-order valence-electron chi connectivity index (χ4n) is 2.72. The molecule has 26 heavy (non-hydrogen) atoms. The Balaban J connectivity index is 1.67. The first-order valence-corrected chi connectivity index (χ1v) is 9.34. The first-order chi connectivity index (χ1) is 12.5. The zero-order valence-electron chi connectivity index (χ0n) is 13.9. The van der Waals surface area contributed by atoms with E-state index in [0.717, 1.165) is 5.39 Å². The van der Waals surface area contributed by atoms with Crippen LogP contribution in [0.4, 0.5) is 5.69 Å². The molecule has 4 rings (SSSR count). The molecule has 130 valence electrons. The highest BCUT2D eigenvalue weighted by molar-refractivity contribution is 7.92. The number of benzene rings is 1. The Morgan fingerprint density at radius 2 is 1.77 bits per heavy atom. The maximum absolute atomic E-state index is 12.7. The van der Waals surface area contributed by atoms with Crippen LogP contribution in [0.25, 0.3) is 22.3 Å². The van der Waals surface area contributed by atoms with Gasteiger partial charge in [-0.05, 0) is 30.3 Å². The monoisotopic (exact) mass is 365 g/mol. The van der Waals surface area contributed by atoms with Gasteiger partial charge in [-0.15, -0.1) is 0 Å². The van der Waals surface area contributed by atoms with Crippen molar-refractivity contribution in [1.29, 1.82) is 0 Å². The molecule has 0 atom stereocenters. The summed E-state index contributed by atoms with van der Waals surface area (Å²) in [5.74, 6) is 0. The molecule has 0 aliphatic rings. The van der Waals surface area contributed by atoms with Crippen molar-refractivity contribution in [1.82, 2.24) is 19.7 Å². The lowest BCUT2D eigenvalue weighted by Gasteiger charge is -2.10. The quantitative estimate of drug-likeness (QED) is 0.601. The smallest absolute Gasteiger partial charge is 0.263 e. The van der Waals surface area contributed by atoms with E-state index in [4.69, 9.17) is 0 Å². The third-order valence-electron chi connectivity index (χ3n) is 3.98. The van der Waals surface area contributed by atoms with Gasteiger partial charge in [0.15, 0.2) is 0 Å². The molecule has 0 saturated heterocycles. The van der Waals surface area contributed by atoms with Crippen molar-refractivity contribution in [2.45, 2.75) is 4.90 Å². The number of nitrogens with zero attached hydrogens (tertiary/aromatic N) is 4. The third-order valence-corrected chi connectivity index (χ3v) is 5.33. The van der Waals surface area contributed by atoms with Crippen LogP contribution in [0.5, 0.6) is 0 Å². The van der Waals surface area contributed by atoms with Crippen molar-refractivity contribution in [2.24, 2.45) is 7.05 Å². The van der Waals surface area contributed by atoms with Crippen LogP contribution in [0.2, 0.25) is 0 Å². The van der Waals surface area contributed by atoms with Gasteiger partial charge in [0.25, 0.3) is 10.0 Å². The first kappa shape index (κ1) is 16.2. The highest BCUT2D eigenvalue weighted by Gasteiger charge is 2.17. The highest BCUT2D eigenvalue weighted by Crippen LogP contribution is 2.25. The van der Waals surface area contributed by atoms with Crippen LogP contribution in [0.1, 0.15) is 0 Å². The minimum Gasteiger partial charge on any atom is -0.277 e. The number of aromatic nitrogens is 4. The number of pyridine rings is 2. The molecule has 0 aliphatic carbocycles. The Kier molecular flexibility index (Phi) is 3.89. The molecule has 0 radical (unpaired) electrons. The number of fused-ring (bicyclic) bond motifs is 1. The zero-order valence-corrected chi connectivity index (χ0v) is 14.7. The van der Waals surface area contributed by atoms with Gasteiger partial charge in [0.1, 0.15) is 4.90 Å². The Bertz CT molecular complexity index is 1170. The van der Waals surface area contributed by atoms with Crippen molar-refractivity contribution in [3.8, 4) is 11.4 Å². The maximum atomic E-state index is 12.7. The molecule has 0 saturated carbocycles. The first-order valence-electron chi connectivity index (χ1n) is 7.85. The van der Waals surface area contributed by atoms with E-state index in [1.54, 1.807) is 42.3 Å². The van der Waals surface area contributed by atoms with Crippen molar-refractivity contribution >= 4 is 26.6 Å². The lowest BCUT2D eigenvalue weighted by atomic mass is 10.2. The molecule has 0 aliphatic heterocycles. The minimum atomic E-state index is -3.77. The van der Waals surface area contributed by atoms with Gasteiger partial charge < -0.3 is 0 Å². The number of hydrogen-bond acceptors (Lipinski definition) is 5. The van der Waals surface area contributed by atoms with Crippen LogP contribution in [0.3, 0.4) is 0 Å². The molecule has 7 nitrogen and oxygen atoms in total. The predicted octanol–water partition coefficient (Wildman–Crippen LogP) is 2.83.